The number of aromatic nitrogens is 4. The van der Waals surface area contributed by atoms with Crippen LogP contribution in [-0.2, 0) is 23.5 Å². The number of ether oxygens (including phenoxy) is 1. The summed E-state index contributed by atoms with van der Waals surface area (Å²) >= 11 is 0. The lowest BCUT2D eigenvalue weighted by molar-refractivity contribution is 0.282. The van der Waals surface area contributed by atoms with Gasteiger partial charge in [-0.15, -0.1) is 0 Å². The van der Waals surface area contributed by atoms with Crippen LogP contribution in [0.3, 0.4) is 0 Å². The number of nitrogens with zero attached hydrogens (tertiary/aromatic N) is 4. The van der Waals surface area contributed by atoms with Crippen molar-refractivity contribution >= 4 is 22.0 Å². The normalized spacial score (nSPS) is 11.7. The third-order valence-electron chi connectivity index (χ3n) is 4.77. The highest BCUT2D eigenvalue weighted by atomic mass is 32.2. The van der Waals surface area contributed by atoms with E-state index in [1.54, 1.807) is 25.2 Å². The van der Waals surface area contributed by atoms with Gasteiger partial charge in [0.1, 0.15) is 35.2 Å². The number of hydrogen-bond acceptors (Lipinski definition) is 6. The molecule has 7 nitrogen and oxygen atoms in total. The van der Waals surface area contributed by atoms with E-state index in [1.165, 1.54) is 53.6 Å². The third-order valence-corrected chi connectivity index (χ3v) is 6.54. The van der Waals surface area contributed by atoms with Crippen LogP contribution < -0.4 is 4.74 Å². The summed E-state index contributed by atoms with van der Waals surface area (Å²) < 4.78 is 60.4. The molecule has 0 unspecified atom stereocenters. The second-order valence-electron chi connectivity index (χ2n) is 6.96. The van der Waals surface area contributed by atoms with E-state index >= 15 is 0 Å². The number of benzene rings is 2. The fraction of sp³-hybridized carbons (Fsp3) is 0.0870. The van der Waals surface area contributed by atoms with Gasteiger partial charge in [-0.2, -0.15) is 5.10 Å². The van der Waals surface area contributed by atoms with E-state index in [9.17, 15) is 17.2 Å². The van der Waals surface area contributed by atoms with Crippen LogP contribution in [0.25, 0.3) is 12.2 Å². The number of halogens is 2. The zero-order valence-corrected chi connectivity index (χ0v) is 18.2. The molecule has 0 spiro atoms. The van der Waals surface area contributed by atoms with Gasteiger partial charge >= 0.3 is 0 Å². The molecule has 33 heavy (non-hydrogen) atoms. The maximum absolute atomic E-state index is 13.8. The van der Waals surface area contributed by atoms with Crippen LogP contribution >= 0.6 is 0 Å². The zero-order chi connectivity index (χ0) is 23.4. The Balaban J connectivity index is 1.55. The predicted molar refractivity (Wildman–Crippen MR) is 117 cm³/mol. The quantitative estimate of drug-likeness (QED) is 0.406. The highest BCUT2D eigenvalue weighted by Gasteiger charge is 2.22. The van der Waals surface area contributed by atoms with Crippen molar-refractivity contribution in [2.24, 2.45) is 7.05 Å². The van der Waals surface area contributed by atoms with E-state index in [-0.39, 0.29) is 27.7 Å². The summed E-state index contributed by atoms with van der Waals surface area (Å²) in [6.07, 6.45) is 5.54. The molecule has 0 amide bonds. The third kappa shape index (κ3) is 4.96. The average Bonchev–Trinajstić information content (AvgIpc) is 3.22. The van der Waals surface area contributed by atoms with Crippen LogP contribution in [0.1, 0.15) is 17.1 Å². The number of sulfone groups is 1. The van der Waals surface area contributed by atoms with Crippen LogP contribution in [0.5, 0.6) is 5.75 Å². The molecule has 4 rings (SSSR count). The van der Waals surface area contributed by atoms with Gasteiger partial charge in [0.05, 0.1) is 10.6 Å². The molecule has 10 heteroatoms. The Bertz CT molecular complexity index is 1420. The molecule has 0 N–H and O–H groups in total. The van der Waals surface area contributed by atoms with Gasteiger partial charge in [0.2, 0.25) is 9.84 Å². The van der Waals surface area contributed by atoms with E-state index in [1.807, 2.05) is 0 Å². The van der Waals surface area contributed by atoms with E-state index < -0.39 is 21.5 Å². The van der Waals surface area contributed by atoms with Crippen molar-refractivity contribution < 1.29 is 21.9 Å². The minimum Gasteiger partial charge on any atom is -0.484 e. The lowest BCUT2D eigenvalue weighted by Crippen LogP contribution is -2.08. The molecule has 4 aromatic rings. The average molecular weight is 468 g/mol. The highest BCUT2D eigenvalue weighted by molar-refractivity contribution is 7.91. The van der Waals surface area contributed by atoms with Crippen molar-refractivity contribution in [2.45, 2.75) is 16.4 Å². The number of hydrogen-bond donors (Lipinski definition) is 0. The summed E-state index contributed by atoms with van der Waals surface area (Å²) in [7, 11) is -2.21. The van der Waals surface area contributed by atoms with E-state index in [2.05, 4.69) is 15.1 Å². The van der Waals surface area contributed by atoms with Crippen molar-refractivity contribution in [3.05, 3.63) is 95.8 Å². The summed E-state index contributed by atoms with van der Waals surface area (Å²) in [4.78, 5) is 8.16. The molecule has 0 saturated heterocycles. The van der Waals surface area contributed by atoms with Crippen LogP contribution in [0.15, 0.2) is 76.9 Å². The minimum atomic E-state index is -3.92. The minimum absolute atomic E-state index is 0.00866. The summed E-state index contributed by atoms with van der Waals surface area (Å²) in [5.74, 6) is -0.657. The van der Waals surface area contributed by atoms with Gasteiger partial charge in [-0.05, 0) is 48.6 Å². The molecule has 0 saturated carbocycles. The van der Waals surface area contributed by atoms with Crippen LogP contribution in [0.2, 0.25) is 0 Å². The van der Waals surface area contributed by atoms with Gasteiger partial charge in [-0.25, -0.2) is 22.2 Å². The van der Waals surface area contributed by atoms with E-state index in [4.69, 9.17) is 4.74 Å². The van der Waals surface area contributed by atoms with Gasteiger partial charge in [-0.1, -0.05) is 12.1 Å². The summed E-state index contributed by atoms with van der Waals surface area (Å²) in [5, 5.41) is 3.95. The van der Waals surface area contributed by atoms with Crippen LogP contribution in [-0.4, -0.2) is 28.2 Å². The molecule has 0 aliphatic carbocycles. The Morgan fingerprint density at radius 3 is 2.55 bits per heavy atom. The summed E-state index contributed by atoms with van der Waals surface area (Å²) in [5.41, 5.74) is 0.591. The summed E-state index contributed by atoms with van der Waals surface area (Å²) in [6, 6.07) is 12.4. The Kier molecular flexibility index (Phi) is 6.27. The summed E-state index contributed by atoms with van der Waals surface area (Å²) in [6.45, 7) is 0.0466. The Labute approximate surface area is 188 Å². The molecule has 2 aromatic heterocycles. The second kappa shape index (κ2) is 9.29. The van der Waals surface area contributed by atoms with E-state index in [0.717, 1.165) is 12.1 Å². The zero-order valence-electron chi connectivity index (χ0n) is 17.4. The number of pyridine rings is 1. The maximum Gasteiger partial charge on any atom is 0.211 e. The smallest absolute Gasteiger partial charge is 0.211 e. The fourth-order valence-corrected chi connectivity index (χ4v) is 4.31. The molecule has 168 valence electrons. The lowest BCUT2D eigenvalue weighted by atomic mass is 10.2. The molecule has 0 aliphatic heterocycles. The van der Waals surface area contributed by atoms with E-state index in [0.29, 0.717) is 11.5 Å². The number of rotatable bonds is 7. The molecule has 0 atom stereocenters. The van der Waals surface area contributed by atoms with Crippen LogP contribution in [0, 0.1) is 11.6 Å². The first-order chi connectivity index (χ1) is 15.8. The first-order valence-electron chi connectivity index (χ1n) is 9.73. The predicted octanol–water partition coefficient (Wildman–Crippen LogP) is 4.07. The van der Waals surface area contributed by atoms with Crippen molar-refractivity contribution in [2.75, 3.05) is 0 Å². The highest BCUT2D eigenvalue weighted by Crippen LogP contribution is 2.29. The molecule has 0 bridgehead atoms. The Morgan fingerprint density at radius 1 is 1.03 bits per heavy atom. The van der Waals surface area contributed by atoms with Crippen molar-refractivity contribution in [1.29, 1.82) is 0 Å². The van der Waals surface area contributed by atoms with Crippen LogP contribution in [0.4, 0.5) is 8.78 Å². The standard InChI is InChI=1S/C23H18F2N4O3S/c1-29-23(27-15-28-29)14-32-21-4-2-3-5-22(21)33(30,31)19-11-10-18(26-13-19)9-7-16-6-8-17(24)12-20(16)25/h2-13,15H,14H2,1H3. The maximum atomic E-state index is 13.8. The first-order valence-corrected chi connectivity index (χ1v) is 11.2. The van der Waals surface area contributed by atoms with Gasteiger partial charge in [0.25, 0.3) is 0 Å². The van der Waals surface area contributed by atoms with Crippen molar-refractivity contribution in [3.63, 3.8) is 0 Å². The van der Waals surface area contributed by atoms with Crippen molar-refractivity contribution in [1.82, 2.24) is 19.7 Å². The largest absolute Gasteiger partial charge is 0.484 e. The number of para-hydroxylation sites is 1. The molecular weight excluding hydrogens is 450 g/mol. The lowest BCUT2D eigenvalue weighted by Gasteiger charge is -2.12. The molecule has 0 fully saturated rings. The SMILES string of the molecule is Cn1ncnc1COc1ccccc1S(=O)(=O)c1ccc(C=Cc2ccc(F)cc2F)nc1. The molecule has 2 aromatic carbocycles. The van der Waals surface area contributed by atoms with Gasteiger partial charge in [0, 0.05) is 24.9 Å². The second-order valence-corrected chi connectivity index (χ2v) is 8.87. The fourth-order valence-electron chi connectivity index (χ4n) is 2.97. The molecule has 0 radical (unpaired) electrons. The van der Waals surface area contributed by atoms with Gasteiger partial charge in [-0.3, -0.25) is 9.67 Å². The molecular formula is C23H18F2N4O3S. The monoisotopic (exact) mass is 468 g/mol. The first kappa shape index (κ1) is 22.3. The van der Waals surface area contributed by atoms with Gasteiger partial charge < -0.3 is 4.74 Å². The van der Waals surface area contributed by atoms with Crippen molar-refractivity contribution in [3.8, 4) is 5.75 Å². The molecule has 0 aliphatic rings. The Hall–Kier alpha value is -3.92. The van der Waals surface area contributed by atoms with Gasteiger partial charge in [0.15, 0.2) is 5.82 Å². The molecule has 2 heterocycles. The Morgan fingerprint density at radius 2 is 1.85 bits per heavy atom. The number of aryl methyl sites for hydroxylation is 1. The topological polar surface area (TPSA) is 87.0 Å².